The highest BCUT2D eigenvalue weighted by molar-refractivity contribution is 7.89. The van der Waals surface area contributed by atoms with Gasteiger partial charge >= 0.3 is 6.09 Å². The number of carbonyl (C=O) groups is 3. The predicted octanol–water partition coefficient (Wildman–Crippen LogP) is 0.978. The van der Waals surface area contributed by atoms with E-state index in [1.165, 1.54) is 18.2 Å². The molecule has 3 amide bonds. The van der Waals surface area contributed by atoms with Crippen molar-refractivity contribution in [2.24, 2.45) is 0 Å². The number of amides is 3. The van der Waals surface area contributed by atoms with E-state index in [1.54, 1.807) is 11.0 Å². The first-order valence-corrected chi connectivity index (χ1v) is 10.7. The molecule has 2 heterocycles. The summed E-state index contributed by atoms with van der Waals surface area (Å²) in [6.07, 6.45) is 0.321. The Bertz CT molecular complexity index is 867. The lowest BCUT2D eigenvalue weighted by Gasteiger charge is -2.34. The summed E-state index contributed by atoms with van der Waals surface area (Å²) in [5.41, 5.74) is 0. The highest BCUT2D eigenvalue weighted by Gasteiger charge is 2.38. The van der Waals surface area contributed by atoms with Gasteiger partial charge in [-0.25, -0.2) is 22.8 Å². The molecule has 1 aromatic rings. The molecule has 1 N–H and O–H groups in total. The van der Waals surface area contributed by atoms with Crippen LogP contribution in [0.5, 0.6) is 0 Å². The summed E-state index contributed by atoms with van der Waals surface area (Å²) in [4.78, 5) is 38.4. The number of cyclic esters (lactones) is 1. The van der Waals surface area contributed by atoms with E-state index >= 15 is 0 Å². The van der Waals surface area contributed by atoms with E-state index in [-0.39, 0.29) is 42.3 Å². The molecule has 2 saturated heterocycles. The zero-order valence-electron chi connectivity index (χ0n) is 15.0. The quantitative estimate of drug-likeness (QED) is 0.721. The fraction of sp³-hybridized carbons (Fsp3) is 0.471. The van der Waals surface area contributed by atoms with E-state index < -0.39 is 16.1 Å². The first-order chi connectivity index (χ1) is 13.3. The summed E-state index contributed by atoms with van der Waals surface area (Å²) in [5.74, 6) is -0.548. The van der Waals surface area contributed by atoms with Gasteiger partial charge in [-0.1, -0.05) is 17.7 Å². The molecule has 1 aromatic carbocycles. The lowest BCUT2D eigenvalue weighted by molar-refractivity contribution is -0.133. The summed E-state index contributed by atoms with van der Waals surface area (Å²) >= 11 is 5.81. The molecule has 0 radical (unpaired) electrons. The van der Waals surface area contributed by atoms with Gasteiger partial charge in [-0.2, -0.15) is 0 Å². The SMILES string of the molecule is O=C(CCNS(=O)(=O)c1cccc(Cl)c1)N1CCC(N2C(=O)COC2=O)CC1. The maximum atomic E-state index is 12.3. The molecule has 0 spiro atoms. The number of likely N-dealkylation sites (tertiary alicyclic amines) is 1. The van der Waals surface area contributed by atoms with Crippen molar-refractivity contribution in [3.63, 3.8) is 0 Å². The summed E-state index contributed by atoms with van der Waals surface area (Å²) in [6, 6.07) is 5.59. The van der Waals surface area contributed by atoms with Crippen molar-refractivity contribution in [1.82, 2.24) is 14.5 Å². The van der Waals surface area contributed by atoms with E-state index in [0.29, 0.717) is 31.0 Å². The van der Waals surface area contributed by atoms with Gasteiger partial charge in [0.05, 0.1) is 4.90 Å². The third-order valence-electron chi connectivity index (χ3n) is 4.70. The van der Waals surface area contributed by atoms with E-state index in [1.807, 2.05) is 0 Å². The number of hydrogen-bond donors (Lipinski definition) is 1. The zero-order chi connectivity index (χ0) is 20.3. The fourth-order valence-electron chi connectivity index (χ4n) is 3.26. The first kappa shape index (κ1) is 20.6. The molecular weight excluding hydrogens is 410 g/mol. The van der Waals surface area contributed by atoms with Crippen molar-refractivity contribution in [1.29, 1.82) is 0 Å². The maximum absolute atomic E-state index is 12.3. The average Bonchev–Trinajstić information content (AvgIpc) is 3.00. The van der Waals surface area contributed by atoms with E-state index in [2.05, 4.69) is 4.72 Å². The summed E-state index contributed by atoms with van der Waals surface area (Å²) < 4.78 is 31.5. The smallest absolute Gasteiger partial charge is 0.417 e. The van der Waals surface area contributed by atoms with Gasteiger partial charge in [-0.05, 0) is 31.0 Å². The number of carbonyl (C=O) groups excluding carboxylic acids is 3. The molecule has 3 rings (SSSR count). The monoisotopic (exact) mass is 429 g/mol. The second-order valence-electron chi connectivity index (χ2n) is 6.54. The molecule has 9 nitrogen and oxygen atoms in total. The van der Waals surface area contributed by atoms with Crippen LogP contribution in [-0.2, 0) is 24.3 Å². The molecule has 0 unspecified atom stereocenters. The van der Waals surface area contributed by atoms with Crippen molar-refractivity contribution in [2.45, 2.75) is 30.2 Å². The molecule has 0 atom stereocenters. The van der Waals surface area contributed by atoms with Crippen LogP contribution in [0.2, 0.25) is 5.02 Å². The van der Waals surface area contributed by atoms with Gasteiger partial charge < -0.3 is 9.64 Å². The molecule has 0 saturated carbocycles. The minimum Gasteiger partial charge on any atom is -0.439 e. The topological polar surface area (TPSA) is 113 Å². The van der Waals surface area contributed by atoms with Crippen LogP contribution in [0.15, 0.2) is 29.2 Å². The molecule has 28 heavy (non-hydrogen) atoms. The zero-order valence-corrected chi connectivity index (χ0v) is 16.5. The Morgan fingerprint density at radius 1 is 1.25 bits per heavy atom. The molecule has 11 heteroatoms. The lowest BCUT2D eigenvalue weighted by atomic mass is 10.0. The van der Waals surface area contributed by atoms with Crippen LogP contribution < -0.4 is 4.72 Å². The number of ether oxygens (including phenoxy) is 1. The van der Waals surface area contributed by atoms with Gasteiger partial charge in [-0.15, -0.1) is 0 Å². The molecule has 0 bridgehead atoms. The Morgan fingerprint density at radius 2 is 1.96 bits per heavy atom. The minimum atomic E-state index is -3.74. The van der Waals surface area contributed by atoms with Crippen molar-refractivity contribution in [2.75, 3.05) is 26.2 Å². The highest BCUT2D eigenvalue weighted by atomic mass is 35.5. The largest absolute Gasteiger partial charge is 0.439 e. The van der Waals surface area contributed by atoms with Gasteiger partial charge in [0.25, 0.3) is 5.91 Å². The number of hydrogen-bond acceptors (Lipinski definition) is 6. The molecule has 2 fully saturated rings. The van der Waals surface area contributed by atoms with Crippen molar-refractivity contribution >= 4 is 39.5 Å². The van der Waals surface area contributed by atoms with Crippen LogP contribution in [0, 0.1) is 0 Å². The van der Waals surface area contributed by atoms with E-state index in [4.69, 9.17) is 16.3 Å². The van der Waals surface area contributed by atoms with Crippen LogP contribution in [0.4, 0.5) is 4.79 Å². The first-order valence-electron chi connectivity index (χ1n) is 8.80. The number of halogens is 1. The summed E-state index contributed by atoms with van der Waals surface area (Å²) in [7, 11) is -3.74. The summed E-state index contributed by atoms with van der Waals surface area (Å²) in [5, 5.41) is 0.308. The number of nitrogens with zero attached hydrogens (tertiary/aromatic N) is 2. The molecule has 2 aliphatic heterocycles. The molecule has 2 aliphatic rings. The second kappa shape index (κ2) is 8.46. The standard InChI is InChI=1S/C17H20ClN3O6S/c18-12-2-1-3-14(10-12)28(25,26)19-7-4-15(22)20-8-5-13(6-9-20)21-16(23)11-27-17(21)24/h1-3,10,13,19H,4-9,11H2. The van der Waals surface area contributed by atoms with Crippen LogP contribution in [0.1, 0.15) is 19.3 Å². The third-order valence-corrected chi connectivity index (χ3v) is 6.40. The summed E-state index contributed by atoms with van der Waals surface area (Å²) in [6.45, 7) is 0.512. The predicted molar refractivity (Wildman–Crippen MR) is 99.1 cm³/mol. The van der Waals surface area contributed by atoms with Gasteiger partial charge in [0.2, 0.25) is 15.9 Å². The second-order valence-corrected chi connectivity index (χ2v) is 8.74. The number of piperidine rings is 1. The van der Waals surface area contributed by atoms with Crippen LogP contribution in [0.25, 0.3) is 0 Å². The van der Waals surface area contributed by atoms with E-state index in [9.17, 15) is 22.8 Å². The Hall–Kier alpha value is -2.17. The van der Waals surface area contributed by atoms with Crippen LogP contribution >= 0.6 is 11.6 Å². The molecular formula is C17H20ClN3O6S. The van der Waals surface area contributed by atoms with Crippen molar-refractivity contribution in [3.05, 3.63) is 29.3 Å². The van der Waals surface area contributed by atoms with Crippen LogP contribution in [-0.4, -0.2) is 68.4 Å². The fourth-order valence-corrected chi connectivity index (χ4v) is 4.59. The molecule has 0 aliphatic carbocycles. The lowest BCUT2D eigenvalue weighted by Crippen LogP contribution is -2.48. The maximum Gasteiger partial charge on any atom is 0.417 e. The van der Waals surface area contributed by atoms with Crippen LogP contribution in [0.3, 0.4) is 0 Å². The van der Waals surface area contributed by atoms with Crippen molar-refractivity contribution < 1.29 is 27.5 Å². The molecule has 152 valence electrons. The number of benzene rings is 1. The Labute approximate surface area is 167 Å². The Balaban J connectivity index is 1.46. The number of imide groups is 1. The third kappa shape index (κ3) is 4.62. The minimum absolute atomic E-state index is 0.00908. The normalized spacial score (nSPS) is 18.5. The highest BCUT2D eigenvalue weighted by Crippen LogP contribution is 2.21. The Morgan fingerprint density at radius 3 is 2.57 bits per heavy atom. The number of nitrogens with one attached hydrogen (secondary N) is 1. The van der Waals surface area contributed by atoms with Gasteiger partial charge in [0.1, 0.15) is 0 Å². The van der Waals surface area contributed by atoms with E-state index in [0.717, 1.165) is 4.90 Å². The van der Waals surface area contributed by atoms with Gasteiger partial charge in [0.15, 0.2) is 6.61 Å². The van der Waals surface area contributed by atoms with Gasteiger partial charge in [-0.3, -0.25) is 9.59 Å². The van der Waals surface area contributed by atoms with Crippen molar-refractivity contribution in [3.8, 4) is 0 Å². The average molecular weight is 430 g/mol. The number of sulfonamides is 1. The Kier molecular flexibility index (Phi) is 6.21. The molecule has 0 aromatic heterocycles. The number of rotatable bonds is 6. The van der Waals surface area contributed by atoms with Gasteiger partial charge in [0, 0.05) is 37.1 Å².